The number of hydrogen-bond acceptors (Lipinski definition) is 5. The minimum atomic E-state index is -0.229. The van der Waals surface area contributed by atoms with Gasteiger partial charge in [0.15, 0.2) is 0 Å². The summed E-state index contributed by atoms with van der Waals surface area (Å²) in [7, 11) is 4.00. The van der Waals surface area contributed by atoms with Gasteiger partial charge in [-0.25, -0.2) is 10.9 Å². The maximum atomic E-state index is 11.9. The van der Waals surface area contributed by atoms with Crippen LogP contribution in [0.1, 0.15) is 25.8 Å². The molecule has 0 saturated carbocycles. The first-order valence-electron chi connectivity index (χ1n) is 7.10. The molecule has 0 aliphatic carbocycles. The standard InChI is InChI=1S/C15H23N5O/c1-10-9-14(18-16-10)15(21)19-17-11(2)12-5-7-13(8-6-12)20(3)4/h5-8,10,14,16,18H,9H2,1-4H3,(H,19,21)/b17-11+. The zero-order chi connectivity index (χ0) is 15.4. The second-order valence-corrected chi connectivity index (χ2v) is 5.59. The zero-order valence-corrected chi connectivity index (χ0v) is 13.0. The molecule has 2 unspecified atom stereocenters. The number of anilines is 1. The third kappa shape index (κ3) is 4.03. The summed E-state index contributed by atoms with van der Waals surface area (Å²) in [6, 6.07) is 8.12. The van der Waals surface area contributed by atoms with E-state index in [1.165, 1.54) is 0 Å². The average molecular weight is 289 g/mol. The maximum absolute atomic E-state index is 11.9. The number of carbonyl (C=O) groups excluding carboxylic acids is 1. The van der Waals surface area contributed by atoms with Gasteiger partial charge in [0.05, 0.1) is 5.71 Å². The first kappa shape index (κ1) is 15.5. The Kier molecular flexibility index (Phi) is 4.93. The Bertz CT molecular complexity index is 523. The van der Waals surface area contributed by atoms with Gasteiger partial charge in [0.1, 0.15) is 6.04 Å². The van der Waals surface area contributed by atoms with E-state index in [0.717, 1.165) is 23.4 Å². The third-order valence-corrected chi connectivity index (χ3v) is 3.54. The smallest absolute Gasteiger partial charge is 0.258 e. The first-order chi connectivity index (χ1) is 9.97. The van der Waals surface area contributed by atoms with E-state index >= 15 is 0 Å². The number of nitrogens with one attached hydrogen (secondary N) is 3. The number of rotatable bonds is 4. The molecule has 1 fully saturated rings. The van der Waals surface area contributed by atoms with Crippen LogP contribution >= 0.6 is 0 Å². The van der Waals surface area contributed by atoms with Crippen molar-refractivity contribution in [2.75, 3.05) is 19.0 Å². The second kappa shape index (κ2) is 6.69. The predicted molar refractivity (Wildman–Crippen MR) is 85.3 cm³/mol. The second-order valence-electron chi connectivity index (χ2n) is 5.59. The summed E-state index contributed by atoms with van der Waals surface area (Å²) in [5.74, 6) is -0.115. The van der Waals surface area contributed by atoms with Crippen LogP contribution in [0.25, 0.3) is 0 Å². The van der Waals surface area contributed by atoms with Gasteiger partial charge in [0.2, 0.25) is 0 Å². The van der Waals surface area contributed by atoms with Gasteiger partial charge in [0.25, 0.3) is 5.91 Å². The van der Waals surface area contributed by atoms with E-state index < -0.39 is 0 Å². The van der Waals surface area contributed by atoms with Crippen LogP contribution < -0.4 is 21.2 Å². The summed E-state index contributed by atoms with van der Waals surface area (Å²) < 4.78 is 0. The molecule has 6 heteroatoms. The van der Waals surface area contributed by atoms with Crippen molar-refractivity contribution in [1.82, 2.24) is 16.3 Å². The fourth-order valence-corrected chi connectivity index (χ4v) is 2.17. The number of nitrogens with zero attached hydrogens (tertiary/aromatic N) is 2. The van der Waals surface area contributed by atoms with Gasteiger partial charge in [-0.15, -0.1) is 0 Å². The summed E-state index contributed by atoms with van der Waals surface area (Å²) in [6.07, 6.45) is 0.762. The maximum Gasteiger partial charge on any atom is 0.258 e. The summed E-state index contributed by atoms with van der Waals surface area (Å²) >= 11 is 0. The molecule has 1 amide bonds. The molecule has 1 aliphatic heterocycles. The molecule has 1 aliphatic rings. The molecule has 2 rings (SSSR count). The van der Waals surface area contributed by atoms with Crippen molar-refractivity contribution in [3.05, 3.63) is 29.8 Å². The van der Waals surface area contributed by atoms with Gasteiger partial charge >= 0.3 is 0 Å². The quantitative estimate of drug-likeness (QED) is 0.568. The topological polar surface area (TPSA) is 68.8 Å². The Labute approximate surface area is 125 Å². The van der Waals surface area contributed by atoms with E-state index in [1.807, 2.05) is 57.1 Å². The lowest BCUT2D eigenvalue weighted by molar-refractivity contribution is -0.122. The Hall–Kier alpha value is -1.92. The molecule has 0 radical (unpaired) electrons. The fourth-order valence-electron chi connectivity index (χ4n) is 2.17. The Morgan fingerprint density at radius 1 is 1.29 bits per heavy atom. The van der Waals surface area contributed by atoms with Gasteiger partial charge in [-0.05, 0) is 38.0 Å². The van der Waals surface area contributed by atoms with E-state index in [4.69, 9.17) is 0 Å². The SMILES string of the molecule is C/C(=N\NC(=O)C1CC(C)NN1)c1ccc(N(C)C)cc1. The van der Waals surface area contributed by atoms with E-state index in [1.54, 1.807) is 0 Å². The minimum Gasteiger partial charge on any atom is -0.378 e. The number of benzene rings is 1. The molecule has 3 N–H and O–H groups in total. The molecular weight excluding hydrogens is 266 g/mol. The van der Waals surface area contributed by atoms with Crippen LogP contribution in [-0.2, 0) is 4.79 Å². The molecule has 1 heterocycles. The van der Waals surface area contributed by atoms with Gasteiger partial charge in [-0.1, -0.05) is 12.1 Å². The van der Waals surface area contributed by atoms with Crippen LogP contribution in [0.5, 0.6) is 0 Å². The molecule has 1 aromatic rings. The highest BCUT2D eigenvalue weighted by molar-refractivity contribution is 5.99. The molecule has 1 saturated heterocycles. The van der Waals surface area contributed by atoms with E-state index in [9.17, 15) is 4.79 Å². The summed E-state index contributed by atoms with van der Waals surface area (Å²) in [4.78, 5) is 14.0. The molecule has 2 atom stereocenters. The average Bonchev–Trinajstić information content (AvgIpc) is 2.91. The van der Waals surface area contributed by atoms with E-state index in [0.29, 0.717) is 6.04 Å². The Morgan fingerprint density at radius 3 is 2.48 bits per heavy atom. The van der Waals surface area contributed by atoms with Gasteiger partial charge < -0.3 is 4.90 Å². The van der Waals surface area contributed by atoms with Crippen LogP contribution in [0.15, 0.2) is 29.4 Å². The Morgan fingerprint density at radius 2 is 1.95 bits per heavy atom. The van der Waals surface area contributed by atoms with Crippen molar-refractivity contribution in [3.63, 3.8) is 0 Å². The highest BCUT2D eigenvalue weighted by Gasteiger charge is 2.26. The van der Waals surface area contributed by atoms with Crippen molar-refractivity contribution < 1.29 is 4.79 Å². The lowest BCUT2D eigenvalue weighted by atomic mass is 10.1. The van der Waals surface area contributed by atoms with Gasteiger partial charge in [-0.2, -0.15) is 5.10 Å². The number of hydrogen-bond donors (Lipinski definition) is 3. The molecular formula is C15H23N5O. The molecule has 6 nitrogen and oxygen atoms in total. The van der Waals surface area contributed by atoms with Crippen LogP contribution in [-0.4, -0.2) is 37.8 Å². The molecule has 21 heavy (non-hydrogen) atoms. The number of hydrazone groups is 1. The van der Waals surface area contributed by atoms with Gasteiger partial charge in [-0.3, -0.25) is 10.2 Å². The summed E-state index contributed by atoms with van der Waals surface area (Å²) in [6.45, 7) is 3.91. The van der Waals surface area contributed by atoms with Crippen LogP contribution in [0.3, 0.4) is 0 Å². The lowest BCUT2D eigenvalue weighted by Crippen LogP contribution is -2.41. The molecule has 0 spiro atoms. The first-order valence-corrected chi connectivity index (χ1v) is 7.10. The normalized spacial score (nSPS) is 22.2. The van der Waals surface area contributed by atoms with Crippen molar-refractivity contribution in [2.45, 2.75) is 32.4 Å². The van der Waals surface area contributed by atoms with Crippen molar-refractivity contribution in [3.8, 4) is 0 Å². The van der Waals surface area contributed by atoms with Crippen molar-refractivity contribution >= 4 is 17.3 Å². The van der Waals surface area contributed by atoms with Crippen LogP contribution in [0, 0.1) is 0 Å². The third-order valence-electron chi connectivity index (χ3n) is 3.54. The molecule has 0 bridgehead atoms. The largest absolute Gasteiger partial charge is 0.378 e. The van der Waals surface area contributed by atoms with Crippen LogP contribution in [0.4, 0.5) is 5.69 Å². The Balaban J connectivity index is 1.95. The monoisotopic (exact) mass is 289 g/mol. The van der Waals surface area contributed by atoms with Crippen molar-refractivity contribution in [2.24, 2.45) is 5.10 Å². The zero-order valence-electron chi connectivity index (χ0n) is 13.0. The van der Waals surface area contributed by atoms with Crippen molar-refractivity contribution in [1.29, 1.82) is 0 Å². The van der Waals surface area contributed by atoms with Gasteiger partial charge in [0, 0.05) is 25.8 Å². The minimum absolute atomic E-state index is 0.115. The molecule has 1 aromatic carbocycles. The predicted octanol–water partition coefficient (Wildman–Crippen LogP) is 0.848. The lowest BCUT2D eigenvalue weighted by Gasteiger charge is -2.12. The van der Waals surface area contributed by atoms with E-state index in [2.05, 4.69) is 21.4 Å². The van der Waals surface area contributed by atoms with Crippen LogP contribution in [0.2, 0.25) is 0 Å². The fraction of sp³-hybridized carbons (Fsp3) is 0.467. The number of amides is 1. The van der Waals surface area contributed by atoms with E-state index in [-0.39, 0.29) is 11.9 Å². The molecule has 114 valence electrons. The summed E-state index contributed by atoms with van der Waals surface area (Å²) in [5, 5.41) is 4.17. The molecule has 0 aromatic heterocycles. The highest BCUT2D eigenvalue weighted by Crippen LogP contribution is 2.12. The highest BCUT2D eigenvalue weighted by atomic mass is 16.2. The number of carbonyl (C=O) groups is 1. The number of hydrazine groups is 1. The summed E-state index contributed by atoms with van der Waals surface area (Å²) in [5.41, 5.74) is 11.5.